The summed E-state index contributed by atoms with van der Waals surface area (Å²) in [5.41, 5.74) is 0.578. The molecule has 1 aromatic carbocycles. The minimum absolute atomic E-state index is 0.00645. The van der Waals surface area contributed by atoms with Crippen molar-refractivity contribution in [3.05, 3.63) is 23.8 Å². The van der Waals surface area contributed by atoms with Crippen LogP contribution in [0.2, 0.25) is 0 Å². The molecule has 0 spiro atoms. The highest BCUT2D eigenvalue weighted by atomic mass is 16.5. The Kier molecular flexibility index (Phi) is 5.44. The van der Waals surface area contributed by atoms with Crippen molar-refractivity contribution < 1.29 is 14.3 Å². The number of benzene rings is 1. The Balaban J connectivity index is 2.07. The van der Waals surface area contributed by atoms with E-state index in [4.69, 9.17) is 9.47 Å². The molecule has 1 amide bonds. The summed E-state index contributed by atoms with van der Waals surface area (Å²) in [6, 6.07) is 5.29. The number of hydrogen-bond acceptors (Lipinski definition) is 4. The summed E-state index contributed by atoms with van der Waals surface area (Å²) < 4.78 is 10.5. The topological polar surface area (TPSA) is 50.8 Å². The van der Waals surface area contributed by atoms with E-state index in [1.54, 1.807) is 37.3 Å². The summed E-state index contributed by atoms with van der Waals surface area (Å²) >= 11 is 0. The minimum Gasteiger partial charge on any atom is -0.497 e. The molecule has 116 valence electrons. The van der Waals surface area contributed by atoms with E-state index in [-0.39, 0.29) is 5.91 Å². The van der Waals surface area contributed by atoms with E-state index in [0.717, 1.165) is 32.5 Å². The van der Waals surface area contributed by atoms with Crippen LogP contribution in [0.3, 0.4) is 0 Å². The van der Waals surface area contributed by atoms with Gasteiger partial charge in [0, 0.05) is 19.7 Å². The highest BCUT2D eigenvalue weighted by Crippen LogP contribution is 2.26. The molecule has 0 saturated carbocycles. The quantitative estimate of drug-likeness (QED) is 0.899. The second kappa shape index (κ2) is 7.31. The third-order valence-corrected chi connectivity index (χ3v) is 3.98. The number of amides is 1. The van der Waals surface area contributed by atoms with E-state index >= 15 is 0 Å². The van der Waals surface area contributed by atoms with Crippen molar-refractivity contribution in [1.29, 1.82) is 0 Å². The molecule has 0 atom stereocenters. The number of ether oxygens (including phenoxy) is 2. The van der Waals surface area contributed by atoms with Crippen LogP contribution in [0.15, 0.2) is 18.2 Å². The molecule has 5 heteroatoms. The van der Waals surface area contributed by atoms with Crippen molar-refractivity contribution in [1.82, 2.24) is 10.2 Å². The van der Waals surface area contributed by atoms with Gasteiger partial charge in [-0.05, 0) is 44.0 Å². The number of methoxy groups -OCH3 is 2. The number of nitrogens with one attached hydrogen (secondary N) is 1. The van der Waals surface area contributed by atoms with Crippen LogP contribution in [0.4, 0.5) is 0 Å². The zero-order valence-electron chi connectivity index (χ0n) is 13.0. The monoisotopic (exact) mass is 292 g/mol. The molecule has 21 heavy (non-hydrogen) atoms. The molecule has 1 saturated heterocycles. The molecule has 0 aromatic heterocycles. The van der Waals surface area contributed by atoms with Gasteiger partial charge in [-0.1, -0.05) is 0 Å². The number of carbonyl (C=O) groups is 1. The highest BCUT2D eigenvalue weighted by Gasteiger charge is 2.21. The Morgan fingerprint density at radius 3 is 2.62 bits per heavy atom. The van der Waals surface area contributed by atoms with Gasteiger partial charge in [-0.2, -0.15) is 0 Å². The van der Waals surface area contributed by atoms with Crippen LogP contribution in [-0.2, 0) is 0 Å². The van der Waals surface area contributed by atoms with Crippen molar-refractivity contribution in [2.24, 2.45) is 5.92 Å². The maximum atomic E-state index is 12.6. The second-order valence-electron chi connectivity index (χ2n) is 5.45. The van der Waals surface area contributed by atoms with Gasteiger partial charge in [-0.15, -0.1) is 0 Å². The summed E-state index contributed by atoms with van der Waals surface area (Å²) in [5.74, 6) is 1.80. The van der Waals surface area contributed by atoms with Crippen LogP contribution < -0.4 is 14.8 Å². The molecule has 1 aromatic rings. The average molecular weight is 292 g/mol. The van der Waals surface area contributed by atoms with Crippen molar-refractivity contribution in [2.75, 3.05) is 40.9 Å². The minimum atomic E-state index is -0.00645. The smallest absolute Gasteiger partial charge is 0.257 e. The summed E-state index contributed by atoms with van der Waals surface area (Å²) in [4.78, 5) is 14.4. The summed E-state index contributed by atoms with van der Waals surface area (Å²) in [6.07, 6.45) is 2.24. The summed E-state index contributed by atoms with van der Waals surface area (Å²) in [7, 11) is 5.02. The molecule has 0 aliphatic carbocycles. The molecule has 1 heterocycles. The number of piperidine rings is 1. The first kappa shape index (κ1) is 15.6. The Labute approximate surface area is 126 Å². The lowest BCUT2D eigenvalue weighted by atomic mass is 9.97. The predicted molar refractivity (Wildman–Crippen MR) is 82.1 cm³/mol. The third-order valence-electron chi connectivity index (χ3n) is 3.98. The molecule has 0 radical (unpaired) electrons. The van der Waals surface area contributed by atoms with Crippen molar-refractivity contribution >= 4 is 5.91 Å². The molecule has 1 aliphatic rings. The Morgan fingerprint density at radius 1 is 1.29 bits per heavy atom. The molecule has 1 fully saturated rings. The molecule has 0 bridgehead atoms. The van der Waals surface area contributed by atoms with Crippen molar-refractivity contribution in [3.63, 3.8) is 0 Å². The lowest BCUT2D eigenvalue weighted by Crippen LogP contribution is -2.37. The maximum absolute atomic E-state index is 12.6. The van der Waals surface area contributed by atoms with Crippen molar-refractivity contribution in [2.45, 2.75) is 12.8 Å². The van der Waals surface area contributed by atoms with Gasteiger partial charge in [0.2, 0.25) is 0 Å². The van der Waals surface area contributed by atoms with Gasteiger partial charge in [0.15, 0.2) is 0 Å². The predicted octanol–water partition coefficient (Wildman–Crippen LogP) is 1.78. The summed E-state index contributed by atoms with van der Waals surface area (Å²) in [6.45, 7) is 2.87. The first-order valence-electron chi connectivity index (χ1n) is 7.34. The fraction of sp³-hybridized carbons (Fsp3) is 0.562. The van der Waals surface area contributed by atoms with E-state index in [1.165, 1.54) is 0 Å². The van der Waals surface area contributed by atoms with E-state index in [0.29, 0.717) is 23.0 Å². The van der Waals surface area contributed by atoms with Gasteiger partial charge in [0.05, 0.1) is 19.8 Å². The fourth-order valence-electron chi connectivity index (χ4n) is 2.72. The Bertz CT molecular complexity index is 484. The molecule has 2 rings (SSSR count). The fourth-order valence-corrected chi connectivity index (χ4v) is 2.72. The molecule has 0 unspecified atom stereocenters. The van der Waals surface area contributed by atoms with Crippen LogP contribution in [-0.4, -0.2) is 51.7 Å². The van der Waals surface area contributed by atoms with Gasteiger partial charge in [0.25, 0.3) is 5.91 Å². The van der Waals surface area contributed by atoms with Crippen LogP contribution in [0.1, 0.15) is 23.2 Å². The summed E-state index contributed by atoms with van der Waals surface area (Å²) in [5, 5.41) is 3.34. The number of nitrogens with zero attached hydrogens (tertiary/aromatic N) is 1. The van der Waals surface area contributed by atoms with Gasteiger partial charge in [0.1, 0.15) is 11.5 Å². The van der Waals surface area contributed by atoms with Gasteiger partial charge in [-0.25, -0.2) is 0 Å². The van der Waals surface area contributed by atoms with Crippen LogP contribution in [0.5, 0.6) is 11.5 Å². The number of hydrogen-bond donors (Lipinski definition) is 1. The highest BCUT2D eigenvalue weighted by molar-refractivity contribution is 5.97. The zero-order chi connectivity index (χ0) is 15.2. The van der Waals surface area contributed by atoms with E-state index < -0.39 is 0 Å². The van der Waals surface area contributed by atoms with Crippen LogP contribution in [0.25, 0.3) is 0 Å². The van der Waals surface area contributed by atoms with Gasteiger partial charge >= 0.3 is 0 Å². The lowest BCUT2D eigenvalue weighted by Gasteiger charge is -2.28. The lowest BCUT2D eigenvalue weighted by molar-refractivity contribution is 0.0759. The molecule has 5 nitrogen and oxygen atoms in total. The third kappa shape index (κ3) is 3.88. The average Bonchev–Trinajstić information content (AvgIpc) is 2.54. The standard InChI is InChI=1S/C16H24N2O3/c1-18(11-12-6-8-17-9-7-12)16(19)14-5-4-13(20-2)10-15(14)21-3/h4-5,10,12,17H,6-9,11H2,1-3H3. The second-order valence-corrected chi connectivity index (χ2v) is 5.45. The normalized spacial score (nSPS) is 15.6. The van der Waals surface area contributed by atoms with Crippen LogP contribution in [0, 0.1) is 5.92 Å². The number of rotatable bonds is 5. The first-order chi connectivity index (χ1) is 10.2. The first-order valence-corrected chi connectivity index (χ1v) is 7.34. The zero-order valence-corrected chi connectivity index (χ0v) is 13.0. The maximum Gasteiger partial charge on any atom is 0.257 e. The number of carbonyl (C=O) groups excluding carboxylic acids is 1. The molecule has 1 N–H and O–H groups in total. The molecule has 1 aliphatic heterocycles. The van der Waals surface area contributed by atoms with Crippen molar-refractivity contribution in [3.8, 4) is 11.5 Å². The van der Waals surface area contributed by atoms with Gasteiger partial charge < -0.3 is 19.7 Å². The largest absolute Gasteiger partial charge is 0.497 e. The Morgan fingerprint density at radius 2 is 2.00 bits per heavy atom. The van der Waals surface area contributed by atoms with Gasteiger partial charge in [-0.3, -0.25) is 4.79 Å². The molecular formula is C16H24N2O3. The van der Waals surface area contributed by atoms with E-state index in [1.807, 2.05) is 7.05 Å². The van der Waals surface area contributed by atoms with E-state index in [9.17, 15) is 4.79 Å². The Hall–Kier alpha value is -1.75. The van der Waals surface area contributed by atoms with Crippen LogP contribution >= 0.6 is 0 Å². The molecular weight excluding hydrogens is 268 g/mol. The van der Waals surface area contributed by atoms with E-state index in [2.05, 4.69) is 5.32 Å². The SMILES string of the molecule is COc1ccc(C(=O)N(C)CC2CCNCC2)c(OC)c1.